The van der Waals surface area contributed by atoms with E-state index in [2.05, 4.69) is 58.3 Å². The summed E-state index contributed by atoms with van der Waals surface area (Å²) in [5, 5.41) is 2.77. The van der Waals surface area contributed by atoms with Gasteiger partial charge in [0.05, 0.1) is 23.4 Å². The van der Waals surface area contributed by atoms with E-state index in [1.165, 1.54) is 5.69 Å². The molecule has 0 radical (unpaired) electrons. The van der Waals surface area contributed by atoms with Crippen molar-refractivity contribution in [1.82, 2.24) is 15.0 Å². The highest BCUT2D eigenvalue weighted by molar-refractivity contribution is 5.96. The fourth-order valence-electron chi connectivity index (χ4n) is 4.89. The third-order valence-electron chi connectivity index (χ3n) is 6.37. The number of aromatic nitrogens is 3. The molecule has 2 aliphatic rings. The number of nitrogens with one attached hydrogen (secondary N) is 2. The molecule has 0 bridgehead atoms. The number of anilines is 2. The van der Waals surface area contributed by atoms with E-state index in [1.807, 2.05) is 24.3 Å². The Labute approximate surface area is 196 Å². The summed E-state index contributed by atoms with van der Waals surface area (Å²) in [6.45, 7) is 6.21. The lowest BCUT2D eigenvalue weighted by atomic mass is 9.98. The minimum absolute atomic E-state index is 0.214. The van der Waals surface area contributed by atoms with E-state index in [0.29, 0.717) is 5.65 Å². The number of amides is 1. The van der Waals surface area contributed by atoms with Crippen LogP contribution in [0.5, 0.6) is 0 Å². The molecule has 2 N–H and O–H groups in total. The van der Waals surface area contributed by atoms with Crippen molar-refractivity contribution in [1.29, 1.82) is 0 Å². The van der Waals surface area contributed by atoms with Crippen molar-refractivity contribution in [3.8, 4) is 22.5 Å². The molecule has 1 saturated heterocycles. The molecular formula is C26H25N5O3. The highest BCUT2D eigenvalue weighted by Gasteiger charge is 2.23. The summed E-state index contributed by atoms with van der Waals surface area (Å²) in [5.41, 5.74) is 7.31. The number of nitrogens with zero attached hydrogens (tertiary/aromatic N) is 3. The van der Waals surface area contributed by atoms with Crippen LogP contribution in [0, 0.1) is 0 Å². The van der Waals surface area contributed by atoms with Crippen LogP contribution in [0.15, 0.2) is 54.7 Å². The minimum Gasteiger partial charge on any atom is -0.444 e. The van der Waals surface area contributed by atoms with Gasteiger partial charge in [-0.25, -0.2) is 14.8 Å². The Morgan fingerprint density at radius 2 is 1.79 bits per heavy atom. The van der Waals surface area contributed by atoms with Crippen molar-refractivity contribution >= 4 is 28.6 Å². The van der Waals surface area contributed by atoms with Gasteiger partial charge in [0.1, 0.15) is 12.4 Å². The molecule has 2 aliphatic heterocycles. The maximum Gasteiger partial charge on any atom is 0.411 e. The molecule has 2 atom stereocenters. The van der Waals surface area contributed by atoms with Crippen LogP contribution in [0.1, 0.15) is 19.4 Å². The first-order valence-electron chi connectivity index (χ1n) is 11.5. The second-order valence-electron chi connectivity index (χ2n) is 8.88. The Balaban J connectivity index is 1.35. The molecule has 0 saturated carbocycles. The standard InChI is InChI=1S/C26H25N5O3/c1-15-12-31(13-16(2)34-15)18-8-6-17(7-9-18)24-29-23-20(10-11-27-25(23)30-24)19-4-3-5-22-21(19)14-33-26(32)28-22/h3-11,15-16H,12-14H2,1-2H3,(H,28,32)(H,27,29,30)/t15-,16+. The number of imidazole rings is 1. The molecule has 1 fully saturated rings. The van der Waals surface area contributed by atoms with Gasteiger partial charge in [0.15, 0.2) is 5.65 Å². The van der Waals surface area contributed by atoms with Crippen LogP contribution in [-0.4, -0.2) is 46.3 Å². The fourth-order valence-corrected chi connectivity index (χ4v) is 4.89. The number of hydrogen-bond acceptors (Lipinski definition) is 6. The number of pyridine rings is 1. The second kappa shape index (κ2) is 8.14. The third-order valence-corrected chi connectivity index (χ3v) is 6.37. The Hall–Kier alpha value is -3.91. The number of cyclic esters (lactones) is 1. The van der Waals surface area contributed by atoms with E-state index in [9.17, 15) is 4.79 Å². The van der Waals surface area contributed by atoms with Gasteiger partial charge >= 0.3 is 6.09 Å². The number of morpholine rings is 1. The van der Waals surface area contributed by atoms with Crippen molar-refractivity contribution in [2.75, 3.05) is 23.3 Å². The van der Waals surface area contributed by atoms with Crippen molar-refractivity contribution in [2.45, 2.75) is 32.7 Å². The van der Waals surface area contributed by atoms with Gasteiger partial charge in [0, 0.05) is 41.7 Å². The number of H-pyrrole nitrogens is 1. The van der Waals surface area contributed by atoms with Crippen molar-refractivity contribution in [3.63, 3.8) is 0 Å². The van der Waals surface area contributed by atoms with Crippen LogP contribution in [0.3, 0.4) is 0 Å². The summed E-state index contributed by atoms with van der Waals surface area (Å²) in [7, 11) is 0. The number of rotatable bonds is 3. The Kier molecular flexibility index (Phi) is 4.95. The third kappa shape index (κ3) is 3.66. The van der Waals surface area contributed by atoms with Crippen LogP contribution in [0.4, 0.5) is 16.2 Å². The quantitative estimate of drug-likeness (QED) is 0.453. The van der Waals surface area contributed by atoms with E-state index in [0.717, 1.165) is 52.4 Å². The lowest BCUT2D eigenvalue weighted by Crippen LogP contribution is -2.45. The van der Waals surface area contributed by atoms with Gasteiger partial charge in [0.25, 0.3) is 0 Å². The average Bonchev–Trinajstić information content (AvgIpc) is 3.28. The fraction of sp³-hybridized carbons (Fsp3) is 0.269. The van der Waals surface area contributed by atoms with E-state index < -0.39 is 6.09 Å². The molecule has 0 unspecified atom stereocenters. The van der Waals surface area contributed by atoms with E-state index in [1.54, 1.807) is 6.20 Å². The van der Waals surface area contributed by atoms with Crippen LogP contribution in [0.25, 0.3) is 33.7 Å². The molecule has 4 heterocycles. The van der Waals surface area contributed by atoms with Crippen LogP contribution in [-0.2, 0) is 16.1 Å². The summed E-state index contributed by atoms with van der Waals surface area (Å²) >= 11 is 0. The number of benzene rings is 2. The van der Waals surface area contributed by atoms with Crippen LogP contribution < -0.4 is 10.2 Å². The van der Waals surface area contributed by atoms with Gasteiger partial charge < -0.3 is 19.4 Å². The Morgan fingerprint density at radius 1 is 1.00 bits per heavy atom. The Morgan fingerprint density at radius 3 is 2.59 bits per heavy atom. The SMILES string of the molecule is C[C@@H]1CN(c2ccc(-c3nc4nccc(-c5cccc6c5COC(=O)N6)c4[nH]3)cc2)C[C@H](C)O1. The van der Waals surface area contributed by atoms with E-state index in [4.69, 9.17) is 14.5 Å². The summed E-state index contributed by atoms with van der Waals surface area (Å²) in [6.07, 6.45) is 1.75. The zero-order valence-electron chi connectivity index (χ0n) is 19.0. The maximum atomic E-state index is 11.6. The van der Waals surface area contributed by atoms with Gasteiger partial charge in [0.2, 0.25) is 0 Å². The number of ether oxygens (including phenoxy) is 2. The summed E-state index contributed by atoms with van der Waals surface area (Å²) in [5.74, 6) is 0.763. The molecule has 2 aromatic carbocycles. The lowest BCUT2D eigenvalue weighted by Gasteiger charge is -2.36. The van der Waals surface area contributed by atoms with Gasteiger partial charge in [-0.05, 0) is 55.8 Å². The molecule has 172 valence electrons. The van der Waals surface area contributed by atoms with Crippen molar-refractivity contribution in [2.24, 2.45) is 0 Å². The first-order chi connectivity index (χ1) is 16.5. The molecule has 1 amide bonds. The van der Waals surface area contributed by atoms with E-state index >= 15 is 0 Å². The molecule has 0 aliphatic carbocycles. The number of carbonyl (C=O) groups is 1. The van der Waals surface area contributed by atoms with Crippen LogP contribution >= 0.6 is 0 Å². The number of carbonyl (C=O) groups excluding carboxylic acids is 1. The molecule has 34 heavy (non-hydrogen) atoms. The number of fused-ring (bicyclic) bond motifs is 2. The first kappa shape index (κ1) is 20.7. The monoisotopic (exact) mass is 455 g/mol. The molecule has 2 aromatic heterocycles. The van der Waals surface area contributed by atoms with Gasteiger partial charge in [-0.15, -0.1) is 0 Å². The highest BCUT2D eigenvalue weighted by atomic mass is 16.5. The smallest absolute Gasteiger partial charge is 0.411 e. The molecule has 8 nitrogen and oxygen atoms in total. The van der Waals surface area contributed by atoms with Gasteiger partial charge in [-0.3, -0.25) is 5.32 Å². The largest absolute Gasteiger partial charge is 0.444 e. The summed E-state index contributed by atoms with van der Waals surface area (Å²) in [4.78, 5) is 26.7. The predicted octanol–water partition coefficient (Wildman–Crippen LogP) is 4.97. The van der Waals surface area contributed by atoms with Crippen molar-refractivity contribution < 1.29 is 14.3 Å². The number of hydrogen-bond donors (Lipinski definition) is 2. The summed E-state index contributed by atoms with van der Waals surface area (Å²) in [6, 6.07) is 16.2. The van der Waals surface area contributed by atoms with E-state index in [-0.39, 0.29) is 18.8 Å². The Bertz CT molecular complexity index is 1370. The normalized spacial score (nSPS) is 20.1. The summed E-state index contributed by atoms with van der Waals surface area (Å²) < 4.78 is 11.1. The molecule has 0 spiro atoms. The zero-order chi connectivity index (χ0) is 23.2. The van der Waals surface area contributed by atoms with Gasteiger partial charge in [-0.2, -0.15) is 0 Å². The second-order valence-corrected chi connectivity index (χ2v) is 8.88. The zero-order valence-corrected chi connectivity index (χ0v) is 19.0. The molecule has 6 rings (SSSR count). The number of aromatic amines is 1. The highest BCUT2D eigenvalue weighted by Crippen LogP contribution is 2.36. The lowest BCUT2D eigenvalue weighted by molar-refractivity contribution is -0.00521. The first-order valence-corrected chi connectivity index (χ1v) is 11.5. The molecular weight excluding hydrogens is 430 g/mol. The predicted molar refractivity (Wildman–Crippen MR) is 131 cm³/mol. The topological polar surface area (TPSA) is 92.4 Å². The van der Waals surface area contributed by atoms with Crippen molar-refractivity contribution in [3.05, 3.63) is 60.3 Å². The molecule has 8 heteroatoms. The van der Waals surface area contributed by atoms with Gasteiger partial charge in [-0.1, -0.05) is 12.1 Å². The minimum atomic E-state index is -0.433. The molecule has 4 aromatic rings. The average molecular weight is 456 g/mol. The maximum absolute atomic E-state index is 11.6. The van der Waals surface area contributed by atoms with Crippen LogP contribution in [0.2, 0.25) is 0 Å².